The van der Waals surface area contributed by atoms with Crippen LogP contribution in [0.25, 0.3) is 11.0 Å². The number of hydrogen-bond acceptors (Lipinski definition) is 4. The number of aromatic nitrogens is 2. The summed E-state index contributed by atoms with van der Waals surface area (Å²) in [7, 11) is 0. The van der Waals surface area contributed by atoms with Gasteiger partial charge >= 0.3 is 0 Å². The summed E-state index contributed by atoms with van der Waals surface area (Å²) in [6, 6.07) is 5.98. The first-order valence-electron chi connectivity index (χ1n) is 8.73. The largest absolute Gasteiger partial charge is 0.383 e. The smallest absolute Gasteiger partial charge is 0.251 e. The van der Waals surface area contributed by atoms with Crippen molar-refractivity contribution in [1.82, 2.24) is 14.5 Å². The molecule has 1 aromatic heterocycles. The molecule has 134 valence electrons. The normalized spacial score (nSPS) is 18.4. The van der Waals surface area contributed by atoms with E-state index in [9.17, 15) is 14.7 Å². The minimum Gasteiger partial charge on any atom is -0.383 e. The second-order valence-electron chi connectivity index (χ2n) is 6.49. The van der Waals surface area contributed by atoms with Gasteiger partial charge in [0.1, 0.15) is 12.6 Å². The number of aryl methyl sites for hydroxylation is 2. The van der Waals surface area contributed by atoms with Crippen LogP contribution < -0.4 is 5.32 Å². The van der Waals surface area contributed by atoms with Gasteiger partial charge in [-0.2, -0.15) is 0 Å². The fourth-order valence-electron chi connectivity index (χ4n) is 3.23. The lowest BCUT2D eigenvalue weighted by Gasteiger charge is -2.21. The molecule has 2 amide bonds. The van der Waals surface area contributed by atoms with Crippen molar-refractivity contribution < 1.29 is 14.7 Å². The van der Waals surface area contributed by atoms with Crippen LogP contribution in [0.4, 0.5) is 5.95 Å². The van der Waals surface area contributed by atoms with E-state index in [1.807, 2.05) is 36.6 Å². The van der Waals surface area contributed by atoms with Crippen LogP contribution >= 0.6 is 0 Å². The number of carbonyl (C=O) groups excluding carboxylic acids is 2. The number of carbonyl (C=O) groups is 2. The molecule has 1 aromatic carbocycles. The van der Waals surface area contributed by atoms with E-state index in [-0.39, 0.29) is 18.4 Å². The monoisotopic (exact) mass is 344 g/mol. The zero-order valence-corrected chi connectivity index (χ0v) is 14.7. The number of benzene rings is 1. The van der Waals surface area contributed by atoms with E-state index in [1.54, 1.807) is 0 Å². The zero-order chi connectivity index (χ0) is 18.0. The molecule has 7 nitrogen and oxygen atoms in total. The van der Waals surface area contributed by atoms with E-state index in [2.05, 4.69) is 10.3 Å². The minimum absolute atomic E-state index is 0.0676. The van der Waals surface area contributed by atoms with Crippen molar-refractivity contribution in [1.29, 1.82) is 0 Å². The van der Waals surface area contributed by atoms with Gasteiger partial charge < -0.3 is 14.6 Å². The van der Waals surface area contributed by atoms with Gasteiger partial charge in [0, 0.05) is 13.1 Å². The molecule has 1 unspecified atom stereocenters. The summed E-state index contributed by atoms with van der Waals surface area (Å²) < 4.78 is 1.94. The van der Waals surface area contributed by atoms with Crippen molar-refractivity contribution in [2.45, 2.75) is 45.8 Å². The van der Waals surface area contributed by atoms with Gasteiger partial charge in [-0.1, -0.05) is 6.07 Å². The van der Waals surface area contributed by atoms with Crippen molar-refractivity contribution in [3.63, 3.8) is 0 Å². The number of imidazole rings is 1. The van der Waals surface area contributed by atoms with Crippen LogP contribution in [-0.4, -0.2) is 50.6 Å². The molecule has 2 heterocycles. The third-order valence-corrected chi connectivity index (χ3v) is 4.56. The van der Waals surface area contributed by atoms with Crippen molar-refractivity contribution in [2.75, 3.05) is 18.4 Å². The van der Waals surface area contributed by atoms with Crippen molar-refractivity contribution in [3.05, 3.63) is 23.8 Å². The Morgan fingerprint density at radius 2 is 2.20 bits per heavy atom. The van der Waals surface area contributed by atoms with Crippen LogP contribution in [0, 0.1) is 6.92 Å². The summed E-state index contributed by atoms with van der Waals surface area (Å²) >= 11 is 0. The Morgan fingerprint density at radius 1 is 1.40 bits per heavy atom. The molecule has 7 heteroatoms. The highest BCUT2D eigenvalue weighted by Gasteiger charge is 2.26. The van der Waals surface area contributed by atoms with Gasteiger partial charge in [0.2, 0.25) is 11.9 Å². The summed E-state index contributed by atoms with van der Waals surface area (Å²) in [5.74, 6) is -0.188. The molecular weight excluding hydrogens is 320 g/mol. The van der Waals surface area contributed by atoms with Crippen LogP contribution in [0.2, 0.25) is 0 Å². The summed E-state index contributed by atoms with van der Waals surface area (Å²) in [6.07, 6.45) is 1.04. The number of rotatable bonds is 4. The molecule has 0 aliphatic carbocycles. The van der Waals surface area contributed by atoms with Crippen LogP contribution in [0.5, 0.6) is 0 Å². The molecule has 2 N–H and O–H groups in total. The summed E-state index contributed by atoms with van der Waals surface area (Å²) in [5, 5.41) is 12.6. The van der Waals surface area contributed by atoms with E-state index in [0.29, 0.717) is 25.5 Å². The van der Waals surface area contributed by atoms with E-state index >= 15 is 0 Å². The average Bonchev–Trinajstić information content (AvgIpc) is 2.83. The number of hydrogen-bond donors (Lipinski definition) is 2. The zero-order valence-electron chi connectivity index (χ0n) is 14.7. The average molecular weight is 344 g/mol. The van der Waals surface area contributed by atoms with Crippen LogP contribution in [0.1, 0.15) is 31.7 Å². The maximum absolute atomic E-state index is 12.4. The number of aliphatic hydroxyl groups excluding tert-OH is 1. The number of nitrogens with zero attached hydrogens (tertiary/aromatic N) is 3. The fourth-order valence-corrected chi connectivity index (χ4v) is 3.23. The maximum Gasteiger partial charge on any atom is 0.251 e. The second kappa shape index (κ2) is 7.23. The predicted molar refractivity (Wildman–Crippen MR) is 95.2 cm³/mol. The molecule has 2 aromatic rings. The first-order chi connectivity index (χ1) is 12.0. The first kappa shape index (κ1) is 17.4. The molecule has 1 atom stereocenters. The lowest BCUT2D eigenvalue weighted by molar-refractivity contribution is -0.141. The Labute approximate surface area is 146 Å². The molecule has 1 aliphatic rings. The molecule has 0 radical (unpaired) electrons. The molecule has 25 heavy (non-hydrogen) atoms. The Balaban J connectivity index is 1.76. The minimum atomic E-state index is -1.00. The summed E-state index contributed by atoms with van der Waals surface area (Å²) in [6.45, 7) is 5.09. The molecular formula is C18H24N4O3. The predicted octanol–water partition coefficient (Wildman–Crippen LogP) is 1.68. The van der Waals surface area contributed by atoms with Crippen LogP contribution in [0.15, 0.2) is 18.2 Å². The third kappa shape index (κ3) is 3.66. The molecule has 0 spiro atoms. The number of aliphatic hydroxyl groups is 1. The first-order valence-corrected chi connectivity index (χ1v) is 8.73. The highest BCUT2D eigenvalue weighted by molar-refractivity contribution is 5.95. The lowest BCUT2D eigenvalue weighted by atomic mass is 10.2. The van der Waals surface area contributed by atoms with Gasteiger partial charge in [0.15, 0.2) is 0 Å². The number of amides is 2. The molecule has 1 fully saturated rings. The van der Waals surface area contributed by atoms with Crippen molar-refractivity contribution in [3.8, 4) is 0 Å². The molecule has 0 saturated carbocycles. The number of anilines is 1. The standard InChI is InChI=1S/C18H24N4O3/c1-3-22-14-8-7-12(2)10-13(14)19-18(22)20-16(24)11-21-9-5-4-6-15(23)17(21)25/h7-8,10,15,23H,3-6,9,11H2,1-2H3,(H,19,20,24). The third-order valence-electron chi connectivity index (χ3n) is 4.56. The van der Waals surface area contributed by atoms with Gasteiger partial charge in [-0.25, -0.2) is 4.98 Å². The molecule has 1 aliphatic heterocycles. The van der Waals surface area contributed by atoms with Gasteiger partial charge in [0.25, 0.3) is 5.91 Å². The Morgan fingerprint density at radius 3 is 2.96 bits per heavy atom. The number of nitrogens with one attached hydrogen (secondary N) is 1. The van der Waals surface area contributed by atoms with Gasteiger partial charge in [-0.05, 0) is 50.8 Å². The van der Waals surface area contributed by atoms with Gasteiger partial charge in [0.05, 0.1) is 11.0 Å². The van der Waals surface area contributed by atoms with Gasteiger partial charge in [-0.15, -0.1) is 0 Å². The highest BCUT2D eigenvalue weighted by atomic mass is 16.3. The molecule has 3 rings (SSSR count). The Bertz CT molecular complexity index is 799. The Kier molecular flexibility index (Phi) is 5.03. The van der Waals surface area contributed by atoms with E-state index in [1.165, 1.54) is 4.90 Å². The lowest BCUT2D eigenvalue weighted by Crippen LogP contribution is -2.42. The SMILES string of the molecule is CCn1c(NC(=O)CN2CCCCC(O)C2=O)nc2cc(C)ccc21. The van der Waals surface area contributed by atoms with E-state index < -0.39 is 6.10 Å². The van der Waals surface area contributed by atoms with Gasteiger partial charge in [-0.3, -0.25) is 14.9 Å². The maximum atomic E-state index is 12.4. The van der Waals surface area contributed by atoms with E-state index in [4.69, 9.17) is 0 Å². The van der Waals surface area contributed by atoms with Crippen molar-refractivity contribution >= 4 is 28.8 Å². The number of fused-ring (bicyclic) bond motifs is 1. The highest BCUT2D eigenvalue weighted by Crippen LogP contribution is 2.21. The van der Waals surface area contributed by atoms with Crippen molar-refractivity contribution in [2.24, 2.45) is 0 Å². The summed E-state index contributed by atoms with van der Waals surface area (Å²) in [4.78, 5) is 30.5. The topological polar surface area (TPSA) is 87.5 Å². The summed E-state index contributed by atoms with van der Waals surface area (Å²) in [5.41, 5.74) is 2.90. The van der Waals surface area contributed by atoms with Crippen LogP contribution in [0.3, 0.4) is 0 Å². The number of likely N-dealkylation sites (tertiary alicyclic amines) is 1. The Hall–Kier alpha value is -2.41. The van der Waals surface area contributed by atoms with E-state index in [0.717, 1.165) is 29.4 Å². The van der Waals surface area contributed by atoms with Crippen LogP contribution in [-0.2, 0) is 16.1 Å². The fraction of sp³-hybridized carbons (Fsp3) is 0.500. The molecule has 0 bridgehead atoms. The molecule has 1 saturated heterocycles. The quantitative estimate of drug-likeness (QED) is 0.883. The second-order valence-corrected chi connectivity index (χ2v) is 6.49.